The SMILES string of the molecule is CSc1ccc(Cl)c(C(=O)N2CCNC[C@H]2C)c1.Cl. The fourth-order valence-electron chi connectivity index (χ4n) is 2.09. The predicted molar refractivity (Wildman–Crippen MR) is 83.8 cm³/mol. The summed E-state index contributed by atoms with van der Waals surface area (Å²) in [7, 11) is 0. The van der Waals surface area contributed by atoms with E-state index in [1.807, 2.05) is 23.3 Å². The summed E-state index contributed by atoms with van der Waals surface area (Å²) in [5, 5.41) is 3.81. The molecule has 0 aliphatic carbocycles. The van der Waals surface area contributed by atoms with Gasteiger partial charge in [0.15, 0.2) is 0 Å². The summed E-state index contributed by atoms with van der Waals surface area (Å²) in [6, 6.07) is 5.82. The van der Waals surface area contributed by atoms with Crippen LogP contribution in [0.5, 0.6) is 0 Å². The molecule has 106 valence electrons. The highest BCUT2D eigenvalue weighted by Gasteiger charge is 2.25. The molecule has 1 aromatic rings. The zero-order valence-corrected chi connectivity index (χ0v) is 13.4. The maximum atomic E-state index is 12.5. The first-order chi connectivity index (χ1) is 8.63. The van der Waals surface area contributed by atoms with Crippen LogP contribution in [-0.2, 0) is 0 Å². The van der Waals surface area contributed by atoms with Crippen molar-refractivity contribution < 1.29 is 4.79 Å². The number of piperazine rings is 1. The number of carbonyl (C=O) groups is 1. The second-order valence-electron chi connectivity index (χ2n) is 4.40. The number of benzene rings is 1. The topological polar surface area (TPSA) is 32.3 Å². The van der Waals surface area contributed by atoms with Gasteiger partial charge >= 0.3 is 0 Å². The summed E-state index contributed by atoms with van der Waals surface area (Å²) in [5.41, 5.74) is 0.609. The van der Waals surface area contributed by atoms with Crippen LogP contribution in [0.1, 0.15) is 17.3 Å². The van der Waals surface area contributed by atoms with Crippen molar-refractivity contribution in [3.8, 4) is 0 Å². The average Bonchev–Trinajstić information content (AvgIpc) is 2.39. The lowest BCUT2D eigenvalue weighted by Crippen LogP contribution is -2.52. The van der Waals surface area contributed by atoms with Crippen LogP contribution in [0.25, 0.3) is 0 Å². The van der Waals surface area contributed by atoms with Gasteiger partial charge in [0.05, 0.1) is 10.6 Å². The first kappa shape index (κ1) is 16.6. The van der Waals surface area contributed by atoms with Crippen molar-refractivity contribution in [3.63, 3.8) is 0 Å². The van der Waals surface area contributed by atoms with E-state index in [4.69, 9.17) is 11.6 Å². The van der Waals surface area contributed by atoms with Gasteiger partial charge in [0.1, 0.15) is 0 Å². The van der Waals surface area contributed by atoms with Gasteiger partial charge in [-0.05, 0) is 31.4 Å². The van der Waals surface area contributed by atoms with Gasteiger partial charge in [0.25, 0.3) is 5.91 Å². The fourth-order valence-corrected chi connectivity index (χ4v) is 2.73. The number of nitrogens with one attached hydrogen (secondary N) is 1. The first-order valence-corrected chi connectivity index (χ1v) is 7.59. The van der Waals surface area contributed by atoms with Gasteiger partial charge in [-0.2, -0.15) is 0 Å². The largest absolute Gasteiger partial charge is 0.333 e. The third-order valence-electron chi connectivity index (χ3n) is 3.17. The molecule has 0 aromatic heterocycles. The Balaban J connectivity index is 0.00000180. The van der Waals surface area contributed by atoms with Crippen molar-refractivity contribution in [2.45, 2.75) is 17.9 Å². The van der Waals surface area contributed by atoms with Crippen molar-refractivity contribution in [1.82, 2.24) is 10.2 Å². The van der Waals surface area contributed by atoms with Gasteiger partial charge in [-0.25, -0.2) is 0 Å². The Labute approximate surface area is 129 Å². The maximum absolute atomic E-state index is 12.5. The molecule has 1 aromatic carbocycles. The fraction of sp³-hybridized carbons (Fsp3) is 0.462. The molecule has 1 amide bonds. The summed E-state index contributed by atoms with van der Waals surface area (Å²) in [6.07, 6.45) is 1.99. The Bertz CT molecular complexity index is 456. The van der Waals surface area contributed by atoms with E-state index >= 15 is 0 Å². The zero-order valence-electron chi connectivity index (χ0n) is 11.0. The molecule has 0 bridgehead atoms. The summed E-state index contributed by atoms with van der Waals surface area (Å²) < 4.78 is 0. The number of thioether (sulfide) groups is 1. The standard InChI is InChI=1S/C13H17ClN2OS.ClH/c1-9-8-15-5-6-16(9)13(17)11-7-10(18-2)3-4-12(11)14;/h3-4,7,9,15H,5-6,8H2,1-2H3;1H/t9-;/m1./s1. The quantitative estimate of drug-likeness (QED) is 0.850. The minimum absolute atomic E-state index is 0. The lowest BCUT2D eigenvalue weighted by atomic mass is 10.1. The minimum atomic E-state index is 0. The van der Waals surface area contributed by atoms with Crippen LogP contribution in [-0.4, -0.2) is 42.7 Å². The second kappa shape index (κ2) is 7.39. The van der Waals surface area contributed by atoms with Crippen LogP contribution in [0, 0.1) is 0 Å². The first-order valence-electron chi connectivity index (χ1n) is 5.98. The minimum Gasteiger partial charge on any atom is -0.333 e. The lowest BCUT2D eigenvalue weighted by Gasteiger charge is -2.34. The monoisotopic (exact) mass is 320 g/mol. The maximum Gasteiger partial charge on any atom is 0.255 e. The number of amides is 1. The highest BCUT2D eigenvalue weighted by Crippen LogP contribution is 2.25. The molecule has 1 fully saturated rings. The summed E-state index contributed by atoms with van der Waals surface area (Å²) in [6.45, 7) is 4.47. The highest BCUT2D eigenvalue weighted by molar-refractivity contribution is 7.98. The number of carbonyl (C=O) groups excluding carboxylic acids is 1. The molecule has 0 spiro atoms. The average molecular weight is 321 g/mol. The van der Waals surface area contributed by atoms with Crippen LogP contribution in [0.4, 0.5) is 0 Å². The summed E-state index contributed by atoms with van der Waals surface area (Å²) in [5.74, 6) is 0.0323. The Morgan fingerprint density at radius 3 is 2.89 bits per heavy atom. The Morgan fingerprint density at radius 2 is 2.26 bits per heavy atom. The molecule has 1 N–H and O–H groups in total. The van der Waals surface area contributed by atoms with Crippen molar-refractivity contribution in [1.29, 1.82) is 0 Å². The Morgan fingerprint density at radius 1 is 1.53 bits per heavy atom. The number of rotatable bonds is 2. The molecule has 2 rings (SSSR count). The molecule has 6 heteroatoms. The van der Waals surface area contributed by atoms with Crippen molar-refractivity contribution in [2.24, 2.45) is 0 Å². The van der Waals surface area contributed by atoms with Gasteiger partial charge in [0, 0.05) is 30.6 Å². The van der Waals surface area contributed by atoms with Crippen molar-refractivity contribution in [2.75, 3.05) is 25.9 Å². The molecule has 1 heterocycles. The van der Waals surface area contributed by atoms with Crippen LogP contribution >= 0.6 is 35.8 Å². The third-order valence-corrected chi connectivity index (χ3v) is 4.22. The molecular formula is C13H18Cl2N2OS. The molecule has 0 saturated carbocycles. The molecular weight excluding hydrogens is 303 g/mol. The number of hydrogen-bond donors (Lipinski definition) is 1. The molecule has 0 unspecified atom stereocenters. The van der Waals surface area contributed by atoms with E-state index in [-0.39, 0.29) is 24.4 Å². The van der Waals surface area contributed by atoms with Gasteiger partial charge in [-0.15, -0.1) is 24.2 Å². The van der Waals surface area contributed by atoms with Crippen LogP contribution in [0.2, 0.25) is 5.02 Å². The smallest absolute Gasteiger partial charge is 0.255 e. The van der Waals surface area contributed by atoms with E-state index in [0.29, 0.717) is 10.6 Å². The van der Waals surface area contributed by atoms with Crippen molar-refractivity contribution >= 4 is 41.7 Å². The van der Waals surface area contributed by atoms with Gasteiger partial charge in [0.2, 0.25) is 0 Å². The Hall–Kier alpha value is -0.420. The molecule has 0 radical (unpaired) electrons. The van der Waals surface area contributed by atoms with Crippen LogP contribution < -0.4 is 5.32 Å². The lowest BCUT2D eigenvalue weighted by molar-refractivity contribution is 0.0655. The molecule has 19 heavy (non-hydrogen) atoms. The zero-order chi connectivity index (χ0) is 13.1. The Kier molecular flexibility index (Phi) is 6.47. The second-order valence-corrected chi connectivity index (χ2v) is 5.68. The van der Waals surface area contributed by atoms with Gasteiger partial charge in [-0.1, -0.05) is 11.6 Å². The van der Waals surface area contributed by atoms with E-state index in [1.54, 1.807) is 17.8 Å². The number of hydrogen-bond acceptors (Lipinski definition) is 3. The van der Waals surface area contributed by atoms with E-state index in [0.717, 1.165) is 24.5 Å². The van der Waals surface area contributed by atoms with E-state index in [9.17, 15) is 4.79 Å². The summed E-state index contributed by atoms with van der Waals surface area (Å²) in [4.78, 5) is 15.5. The third kappa shape index (κ3) is 3.78. The summed E-state index contributed by atoms with van der Waals surface area (Å²) >= 11 is 7.76. The molecule has 3 nitrogen and oxygen atoms in total. The van der Waals surface area contributed by atoms with Gasteiger partial charge in [-0.3, -0.25) is 4.79 Å². The predicted octanol–water partition coefficient (Wildman–Crippen LogP) is 2.92. The normalized spacial score (nSPS) is 18.9. The molecule has 1 atom stereocenters. The van der Waals surface area contributed by atoms with Gasteiger partial charge < -0.3 is 10.2 Å². The number of halogens is 2. The molecule has 1 aliphatic heterocycles. The van der Waals surface area contributed by atoms with Crippen LogP contribution in [0.3, 0.4) is 0 Å². The van der Waals surface area contributed by atoms with E-state index < -0.39 is 0 Å². The van der Waals surface area contributed by atoms with E-state index in [1.165, 1.54) is 0 Å². The number of nitrogens with zero attached hydrogens (tertiary/aromatic N) is 1. The van der Waals surface area contributed by atoms with E-state index in [2.05, 4.69) is 12.2 Å². The van der Waals surface area contributed by atoms with Crippen molar-refractivity contribution in [3.05, 3.63) is 28.8 Å². The molecule has 1 saturated heterocycles. The highest BCUT2D eigenvalue weighted by atomic mass is 35.5. The van der Waals surface area contributed by atoms with Crippen LogP contribution in [0.15, 0.2) is 23.1 Å². The molecule has 1 aliphatic rings.